The summed E-state index contributed by atoms with van der Waals surface area (Å²) < 4.78 is 0. The van der Waals surface area contributed by atoms with Gasteiger partial charge in [-0.25, -0.2) is 0 Å². The summed E-state index contributed by atoms with van der Waals surface area (Å²) in [5, 5.41) is 2.84. The fourth-order valence-electron chi connectivity index (χ4n) is 1.49. The number of benzene rings is 2. The van der Waals surface area contributed by atoms with Crippen molar-refractivity contribution in [3.8, 4) is 0 Å². The van der Waals surface area contributed by atoms with Crippen LogP contribution in [0.1, 0.15) is 20.3 Å². The molecule has 2 nitrogen and oxygen atoms in total. The molecule has 0 aliphatic carbocycles. The van der Waals surface area contributed by atoms with E-state index < -0.39 is 0 Å². The quantitative estimate of drug-likeness (QED) is 0.889. The van der Waals surface area contributed by atoms with Gasteiger partial charge >= 0.3 is 0 Å². The largest absolute Gasteiger partial charge is 0.356 e. The molecule has 2 rings (SSSR count). The first kappa shape index (κ1) is 15.0. The number of rotatable bonds is 4. The van der Waals surface area contributed by atoms with E-state index in [1.165, 1.54) is 0 Å². The van der Waals surface area contributed by atoms with Crippen molar-refractivity contribution in [1.29, 1.82) is 0 Å². The van der Waals surface area contributed by atoms with Gasteiger partial charge in [-0.3, -0.25) is 4.79 Å². The third-order valence-electron chi connectivity index (χ3n) is 2.45. The van der Waals surface area contributed by atoms with Gasteiger partial charge < -0.3 is 5.32 Å². The lowest BCUT2D eigenvalue weighted by Crippen LogP contribution is -2.25. The Morgan fingerprint density at radius 3 is 1.89 bits per heavy atom. The molecular weight excluding hydrogens is 234 g/mol. The summed E-state index contributed by atoms with van der Waals surface area (Å²) in [6.07, 6.45) is 1.47. The van der Waals surface area contributed by atoms with E-state index in [0.717, 1.165) is 18.5 Å². The van der Waals surface area contributed by atoms with Crippen LogP contribution in [-0.4, -0.2) is 12.5 Å². The summed E-state index contributed by atoms with van der Waals surface area (Å²) in [5.41, 5.74) is 1.07. The molecule has 0 bridgehead atoms. The third-order valence-corrected chi connectivity index (χ3v) is 2.45. The second-order valence-electron chi connectivity index (χ2n) is 4.17. The lowest BCUT2D eigenvalue weighted by molar-refractivity contribution is -0.120. The molecule has 0 aromatic heterocycles. The van der Waals surface area contributed by atoms with Crippen LogP contribution in [-0.2, 0) is 11.2 Å². The summed E-state index contributed by atoms with van der Waals surface area (Å²) in [5.74, 6) is 0.105. The molecule has 1 N–H and O–H groups in total. The van der Waals surface area contributed by atoms with Crippen molar-refractivity contribution >= 4 is 5.91 Å². The Labute approximate surface area is 117 Å². The van der Waals surface area contributed by atoms with Gasteiger partial charge in [0.2, 0.25) is 5.91 Å². The fraction of sp³-hybridized carbons (Fsp3) is 0.235. The minimum atomic E-state index is 0. The average molecular weight is 257 g/mol. The lowest BCUT2D eigenvalue weighted by Gasteiger charge is -2.02. The number of amides is 1. The summed E-state index contributed by atoms with van der Waals surface area (Å²) in [7, 11) is 0. The Kier molecular flexibility index (Phi) is 7.79. The van der Waals surface area contributed by atoms with Crippen molar-refractivity contribution in [2.45, 2.75) is 19.8 Å². The van der Waals surface area contributed by atoms with Gasteiger partial charge in [0.05, 0.1) is 6.42 Å². The van der Waals surface area contributed by atoms with Crippen molar-refractivity contribution < 1.29 is 6.22 Å². The topological polar surface area (TPSA) is 29.1 Å². The van der Waals surface area contributed by atoms with Crippen LogP contribution in [0.2, 0.25) is 0 Å². The number of hydrogen-bond donors (Lipinski definition) is 1. The molecule has 0 heterocycles. The molecule has 0 radical (unpaired) electrons. The molecule has 0 saturated heterocycles. The van der Waals surface area contributed by atoms with Gasteiger partial charge in [-0.2, -0.15) is 0 Å². The van der Waals surface area contributed by atoms with Crippen molar-refractivity contribution in [2.24, 2.45) is 0 Å². The summed E-state index contributed by atoms with van der Waals surface area (Å²) in [6, 6.07) is 21.8. The first-order valence-electron chi connectivity index (χ1n) is 6.63. The highest BCUT2D eigenvalue weighted by molar-refractivity contribution is 5.78. The Hall–Kier alpha value is -2.09. The zero-order chi connectivity index (χ0) is 13.8. The SMILES string of the molecule is CCCNC(=O)Cc1ccccc1.[HH].c1ccccc1. The molecule has 0 fully saturated rings. The van der Waals surface area contributed by atoms with Crippen molar-refractivity contribution in [1.82, 2.24) is 5.32 Å². The standard InChI is InChI=1S/C11H15NO.C6H6.H2/c1-2-8-12-11(13)9-10-6-4-3-5-7-10;1-2-4-6-5-3-1;/h3-7H,2,8-9H2,1H3,(H,12,13);1-6H;1H. The van der Waals surface area contributed by atoms with Crippen LogP contribution in [0.4, 0.5) is 0 Å². The van der Waals surface area contributed by atoms with Gasteiger partial charge in [0, 0.05) is 7.97 Å². The molecule has 0 spiro atoms. The molecule has 2 aromatic carbocycles. The normalized spacial score (nSPS) is 9.11. The molecule has 19 heavy (non-hydrogen) atoms. The zero-order valence-electron chi connectivity index (χ0n) is 11.4. The van der Waals surface area contributed by atoms with Gasteiger partial charge in [0.1, 0.15) is 0 Å². The number of carbonyl (C=O) groups excluding carboxylic acids is 1. The summed E-state index contributed by atoms with van der Waals surface area (Å²) in [6.45, 7) is 2.81. The van der Waals surface area contributed by atoms with Crippen molar-refractivity contribution in [3.05, 3.63) is 72.3 Å². The van der Waals surface area contributed by atoms with E-state index in [4.69, 9.17) is 0 Å². The molecule has 102 valence electrons. The summed E-state index contributed by atoms with van der Waals surface area (Å²) >= 11 is 0. The smallest absolute Gasteiger partial charge is 0.224 e. The summed E-state index contributed by atoms with van der Waals surface area (Å²) in [4.78, 5) is 11.3. The minimum absolute atomic E-state index is 0. The van der Waals surface area contributed by atoms with E-state index in [9.17, 15) is 4.79 Å². The predicted octanol–water partition coefficient (Wildman–Crippen LogP) is 3.69. The van der Waals surface area contributed by atoms with Gasteiger partial charge in [0.25, 0.3) is 0 Å². The molecule has 0 unspecified atom stereocenters. The van der Waals surface area contributed by atoms with Crippen LogP contribution in [0.3, 0.4) is 0 Å². The molecule has 0 atom stereocenters. The maximum atomic E-state index is 11.3. The highest BCUT2D eigenvalue weighted by Crippen LogP contribution is 1.98. The minimum Gasteiger partial charge on any atom is -0.356 e. The maximum absolute atomic E-state index is 11.3. The van der Waals surface area contributed by atoms with Crippen LogP contribution in [0, 0.1) is 0 Å². The molecule has 2 aromatic rings. The molecule has 0 aliphatic rings. The Bertz CT molecular complexity index is 418. The average Bonchev–Trinajstić information content (AvgIpc) is 2.49. The Morgan fingerprint density at radius 1 is 0.947 bits per heavy atom. The third kappa shape index (κ3) is 7.77. The van der Waals surface area contributed by atoms with Crippen LogP contribution in [0.25, 0.3) is 0 Å². The first-order chi connectivity index (χ1) is 9.33. The molecule has 1 amide bonds. The van der Waals surface area contributed by atoms with Crippen LogP contribution < -0.4 is 5.32 Å². The van der Waals surface area contributed by atoms with E-state index in [1.807, 2.05) is 73.7 Å². The van der Waals surface area contributed by atoms with E-state index in [-0.39, 0.29) is 7.33 Å². The Balaban J connectivity index is 0.000000434. The highest BCUT2D eigenvalue weighted by atomic mass is 16.1. The maximum Gasteiger partial charge on any atom is 0.224 e. The zero-order valence-corrected chi connectivity index (χ0v) is 11.4. The highest BCUT2D eigenvalue weighted by Gasteiger charge is 2.00. The van der Waals surface area contributed by atoms with Gasteiger partial charge in [-0.15, -0.1) is 0 Å². The van der Waals surface area contributed by atoms with Crippen LogP contribution in [0.15, 0.2) is 66.7 Å². The van der Waals surface area contributed by atoms with E-state index in [1.54, 1.807) is 0 Å². The van der Waals surface area contributed by atoms with E-state index in [0.29, 0.717) is 6.42 Å². The number of carbonyl (C=O) groups is 1. The monoisotopic (exact) mass is 257 g/mol. The predicted molar refractivity (Wildman–Crippen MR) is 82.0 cm³/mol. The first-order valence-corrected chi connectivity index (χ1v) is 6.63. The number of hydrogen-bond acceptors (Lipinski definition) is 1. The second kappa shape index (κ2) is 9.89. The lowest BCUT2D eigenvalue weighted by atomic mass is 10.1. The van der Waals surface area contributed by atoms with Crippen LogP contribution >= 0.6 is 0 Å². The van der Waals surface area contributed by atoms with Gasteiger partial charge in [-0.05, 0) is 12.0 Å². The number of nitrogens with one attached hydrogen (secondary N) is 1. The second-order valence-corrected chi connectivity index (χ2v) is 4.17. The van der Waals surface area contributed by atoms with Crippen molar-refractivity contribution in [3.63, 3.8) is 0 Å². The van der Waals surface area contributed by atoms with E-state index in [2.05, 4.69) is 5.32 Å². The van der Waals surface area contributed by atoms with E-state index >= 15 is 0 Å². The van der Waals surface area contributed by atoms with Gasteiger partial charge in [0.15, 0.2) is 0 Å². The molecule has 0 saturated carbocycles. The van der Waals surface area contributed by atoms with Gasteiger partial charge in [-0.1, -0.05) is 73.7 Å². The Morgan fingerprint density at radius 2 is 1.42 bits per heavy atom. The molecule has 2 heteroatoms. The fourth-order valence-corrected chi connectivity index (χ4v) is 1.49. The molecule has 0 aliphatic heterocycles. The van der Waals surface area contributed by atoms with Crippen molar-refractivity contribution in [2.75, 3.05) is 6.54 Å². The van der Waals surface area contributed by atoms with Crippen LogP contribution in [0.5, 0.6) is 0 Å². The molecular formula is C17H23NO.